The quantitative estimate of drug-likeness (QED) is 0.500. The number of H-pyrrole nitrogens is 1. The van der Waals surface area contributed by atoms with Gasteiger partial charge < -0.3 is 4.98 Å². The Morgan fingerprint density at radius 1 is 0.862 bits per heavy atom. The predicted molar refractivity (Wildman–Crippen MR) is 125 cm³/mol. The van der Waals surface area contributed by atoms with Crippen LogP contribution in [0.25, 0.3) is 0 Å². The van der Waals surface area contributed by atoms with E-state index in [1.54, 1.807) is 6.20 Å². The van der Waals surface area contributed by atoms with Gasteiger partial charge in [0.2, 0.25) is 6.71 Å². The second-order valence-corrected chi connectivity index (χ2v) is 7.30. The lowest BCUT2D eigenvalue weighted by atomic mass is 9.37. The molecule has 0 saturated carbocycles. The molecule has 0 amide bonds. The van der Waals surface area contributed by atoms with E-state index in [2.05, 4.69) is 91.1 Å². The van der Waals surface area contributed by atoms with E-state index >= 15 is 0 Å². The van der Waals surface area contributed by atoms with Crippen LogP contribution in [0.15, 0.2) is 109 Å². The van der Waals surface area contributed by atoms with Crippen molar-refractivity contribution >= 4 is 17.6 Å². The minimum atomic E-state index is 0.303. The number of aryl methyl sites for hydroxylation is 1. The first kappa shape index (κ1) is 20.4. The van der Waals surface area contributed by atoms with Crippen LogP contribution in [0.5, 0.6) is 0 Å². The van der Waals surface area contributed by atoms with E-state index in [1.807, 2.05) is 30.5 Å². The molecule has 1 heterocycles. The van der Waals surface area contributed by atoms with Gasteiger partial charge in [-0.1, -0.05) is 108 Å². The summed E-state index contributed by atoms with van der Waals surface area (Å²) >= 11 is 0. The molecule has 0 aliphatic carbocycles. The van der Waals surface area contributed by atoms with Crippen molar-refractivity contribution in [2.24, 2.45) is 0 Å². The summed E-state index contributed by atoms with van der Waals surface area (Å²) in [5, 5.41) is 0. The number of imidazole rings is 1. The molecular weight excluding hydrogens is 351 g/mol. The fourth-order valence-corrected chi connectivity index (χ4v) is 3.35. The third-order valence-corrected chi connectivity index (χ3v) is 4.81. The highest BCUT2D eigenvalue weighted by molar-refractivity contribution is 6.90. The summed E-state index contributed by atoms with van der Waals surface area (Å²) in [6, 6.07) is 29.6. The summed E-state index contributed by atoms with van der Waals surface area (Å²) in [6.45, 7) is 8.64. The number of benzene rings is 3. The minimum absolute atomic E-state index is 0.303. The van der Waals surface area contributed by atoms with Gasteiger partial charge in [0.1, 0.15) is 5.82 Å². The molecule has 0 aliphatic heterocycles. The van der Waals surface area contributed by atoms with Gasteiger partial charge >= 0.3 is 0 Å². The molecule has 3 aromatic carbocycles. The van der Waals surface area contributed by atoms with E-state index in [0.717, 1.165) is 12.2 Å². The van der Waals surface area contributed by atoms with Gasteiger partial charge in [-0.15, -0.1) is 12.1 Å². The third-order valence-electron chi connectivity index (χ3n) is 4.81. The zero-order valence-corrected chi connectivity index (χ0v) is 17.2. The fraction of sp³-hybridized carbons (Fsp3) is 0.115. The van der Waals surface area contributed by atoms with Gasteiger partial charge in [0.25, 0.3) is 0 Å². The number of hydrogen-bond acceptors (Lipinski definition) is 1. The number of aromatic amines is 1. The molecule has 2 nitrogen and oxygen atoms in total. The van der Waals surface area contributed by atoms with Crippen molar-refractivity contribution in [2.45, 2.75) is 20.3 Å². The van der Waals surface area contributed by atoms with Crippen molar-refractivity contribution in [3.05, 3.63) is 126 Å². The van der Waals surface area contributed by atoms with Gasteiger partial charge in [-0.3, -0.25) is 0 Å². The van der Waals surface area contributed by atoms with E-state index < -0.39 is 0 Å². The fourth-order valence-electron chi connectivity index (χ4n) is 3.35. The van der Waals surface area contributed by atoms with Crippen LogP contribution < -0.4 is 10.9 Å². The molecule has 0 atom stereocenters. The predicted octanol–water partition coefficient (Wildman–Crippen LogP) is 4.72. The maximum atomic E-state index is 4.16. The van der Waals surface area contributed by atoms with Crippen LogP contribution in [0.4, 0.5) is 0 Å². The summed E-state index contributed by atoms with van der Waals surface area (Å²) in [5.74, 6) is 1.02. The van der Waals surface area contributed by atoms with Crippen LogP contribution in [-0.4, -0.2) is 16.7 Å². The highest BCUT2D eigenvalue weighted by Crippen LogP contribution is 2.04. The molecular formula is C26H27BN2. The van der Waals surface area contributed by atoms with E-state index in [0.29, 0.717) is 6.71 Å². The van der Waals surface area contributed by atoms with Crippen molar-refractivity contribution < 1.29 is 0 Å². The highest BCUT2D eigenvalue weighted by Gasteiger charge is 2.19. The minimum Gasteiger partial charge on any atom is -0.348 e. The Morgan fingerprint density at radius 2 is 1.45 bits per heavy atom. The molecule has 0 radical (unpaired) electrons. The van der Waals surface area contributed by atoms with Gasteiger partial charge in [-0.05, 0) is 12.5 Å². The standard InChI is InChI=1S/C16H17B.C10H10N2/c1-13(2)17(15-7-5-4-6-8-15)16-11-9-14(3)10-12-16;1-2-4-9(5-3-1)8-10-11-6-7-12-10/h4-12H,1H2,2-3H3;1-7H,8H2,(H,11,12). The second kappa shape index (κ2) is 10.3. The van der Waals surface area contributed by atoms with E-state index in [1.165, 1.54) is 27.5 Å². The Morgan fingerprint density at radius 3 is 2.00 bits per heavy atom. The average Bonchev–Trinajstić information content (AvgIpc) is 3.25. The zero-order chi connectivity index (χ0) is 20.5. The van der Waals surface area contributed by atoms with Crippen molar-refractivity contribution in [3.63, 3.8) is 0 Å². The Kier molecular flexibility index (Phi) is 7.24. The van der Waals surface area contributed by atoms with Crippen LogP contribution in [0.3, 0.4) is 0 Å². The number of allylic oxidation sites excluding steroid dienone is 1. The Balaban J connectivity index is 0.000000176. The first-order chi connectivity index (χ1) is 14.1. The van der Waals surface area contributed by atoms with Crippen LogP contribution in [0.1, 0.15) is 23.9 Å². The lowest BCUT2D eigenvalue weighted by Gasteiger charge is -2.14. The molecule has 0 fully saturated rings. The van der Waals surface area contributed by atoms with Crippen molar-refractivity contribution in [3.8, 4) is 0 Å². The molecule has 29 heavy (non-hydrogen) atoms. The summed E-state index contributed by atoms with van der Waals surface area (Å²) < 4.78 is 0. The van der Waals surface area contributed by atoms with Gasteiger partial charge in [-0.25, -0.2) is 4.98 Å². The Bertz CT molecular complexity index is 992. The van der Waals surface area contributed by atoms with Crippen molar-refractivity contribution in [2.75, 3.05) is 0 Å². The van der Waals surface area contributed by atoms with Crippen molar-refractivity contribution in [1.82, 2.24) is 9.97 Å². The van der Waals surface area contributed by atoms with Crippen molar-refractivity contribution in [1.29, 1.82) is 0 Å². The molecule has 0 bridgehead atoms. The summed E-state index contributed by atoms with van der Waals surface area (Å²) in [5.41, 5.74) is 6.38. The van der Waals surface area contributed by atoms with E-state index in [4.69, 9.17) is 0 Å². The molecule has 0 spiro atoms. The van der Waals surface area contributed by atoms with Crippen LogP contribution in [-0.2, 0) is 6.42 Å². The first-order valence-corrected chi connectivity index (χ1v) is 9.92. The molecule has 144 valence electrons. The topological polar surface area (TPSA) is 28.7 Å². The molecule has 0 aliphatic rings. The molecule has 4 rings (SSSR count). The number of nitrogens with one attached hydrogen (secondary N) is 1. The molecule has 0 saturated heterocycles. The number of rotatable bonds is 5. The highest BCUT2D eigenvalue weighted by atomic mass is 14.9. The normalized spacial score (nSPS) is 10.0. The summed E-state index contributed by atoms with van der Waals surface area (Å²) in [4.78, 5) is 7.23. The number of nitrogens with zero attached hydrogens (tertiary/aromatic N) is 1. The van der Waals surface area contributed by atoms with Gasteiger partial charge in [-0.2, -0.15) is 0 Å². The second-order valence-electron chi connectivity index (χ2n) is 7.30. The summed E-state index contributed by atoms with van der Waals surface area (Å²) in [7, 11) is 0. The molecule has 1 N–H and O–H groups in total. The van der Waals surface area contributed by atoms with Gasteiger partial charge in [0.05, 0.1) is 0 Å². The van der Waals surface area contributed by atoms with Crippen LogP contribution in [0, 0.1) is 6.92 Å². The van der Waals surface area contributed by atoms with Gasteiger partial charge in [0, 0.05) is 18.8 Å². The molecule has 4 aromatic rings. The maximum absolute atomic E-state index is 4.16. The van der Waals surface area contributed by atoms with E-state index in [9.17, 15) is 0 Å². The number of aromatic nitrogens is 2. The molecule has 0 unspecified atom stereocenters. The first-order valence-electron chi connectivity index (χ1n) is 9.92. The lowest BCUT2D eigenvalue weighted by molar-refractivity contribution is 1.03. The lowest BCUT2D eigenvalue weighted by Crippen LogP contribution is -2.43. The maximum Gasteiger partial charge on any atom is 0.236 e. The Hall–Kier alpha value is -3.33. The number of hydrogen-bond donors (Lipinski definition) is 1. The smallest absolute Gasteiger partial charge is 0.236 e. The third kappa shape index (κ3) is 6.08. The zero-order valence-electron chi connectivity index (χ0n) is 17.2. The van der Waals surface area contributed by atoms with Crippen LogP contribution in [0.2, 0.25) is 0 Å². The van der Waals surface area contributed by atoms with Crippen LogP contribution >= 0.6 is 0 Å². The van der Waals surface area contributed by atoms with Gasteiger partial charge in [0.15, 0.2) is 0 Å². The summed E-state index contributed by atoms with van der Waals surface area (Å²) in [6.07, 6.45) is 4.50. The average molecular weight is 378 g/mol. The molecule has 1 aromatic heterocycles. The SMILES string of the molecule is C=C(C)B(c1ccccc1)c1ccc(C)cc1.c1ccc(Cc2ncc[nH]2)cc1. The molecule has 3 heteroatoms. The monoisotopic (exact) mass is 378 g/mol. The van der Waals surface area contributed by atoms with E-state index in [-0.39, 0.29) is 0 Å². The Labute approximate surface area is 174 Å². The largest absolute Gasteiger partial charge is 0.348 e.